The third kappa shape index (κ3) is 4.18. The van der Waals surface area contributed by atoms with Gasteiger partial charge in [-0.25, -0.2) is 0 Å². The second-order valence-electron chi connectivity index (χ2n) is 6.19. The summed E-state index contributed by atoms with van der Waals surface area (Å²) < 4.78 is 0. The summed E-state index contributed by atoms with van der Waals surface area (Å²) in [5.74, 6) is -0.117. The van der Waals surface area contributed by atoms with Crippen molar-refractivity contribution in [2.24, 2.45) is 11.7 Å². The Bertz CT molecular complexity index is 599. The lowest BCUT2D eigenvalue weighted by Gasteiger charge is -2.37. The van der Waals surface area contributed by atoms with Gasteiger partial charge in [0.15, 0.2) is 0 Å². The number of hydrogen-bond donors (Lipinski definition) is 4. The normalized spacial score (nSPS) is 15.4. The smallest absolute Gasteiger partial charge is 0.136 e. The number of aliphatic hydroxyl groups excluding tert-OH is 1. The summed E-state index contributed by atoms with van der Waals surface area (Å²) in [6.45, 7) is 3.97. The van der Waals surface area contributed by atoms with Crippen molar-refractivity contribution in [3.05, 3.63) is 60.2 Å². The van der Waals surface area contributed by atoms with Crippen LogP contribution in [-0.4, -0.2) is 28.6 Å². The molecule has 0 saturated carbocycles. The minimum Gasteiger partial charge on any atom is -0.395 e. The molecular weight excluding hydrogens is 288 g/mol. The highest BCUT2D eigenvalue weighted by molar-refractivity contribution is 5.63. The molecule has 2 aromatic rings. The zero-order valence-electron chi connectivity index (χ0n) is 13.7. The maximum absolute atomic E-state index is 10.7. The summed E-state index contributed by atoms with van der Waals surface area (Å²) in [6.07, 6.45) is 0. The number of benzene rings is 2. The van der Waals surface area contributed by atoms with Crippen molar-refractivity contribution < 1.29 is 10.2 Å². The fraction of sp³-hybridized carbons (Fsp3) is 0.368. The summed E-state index contributed by atoms with van der Waals surface area (Å²) in [7, 11) is 0. The lowest BCUT2D eigenvalue weighted by molar-refractivity contribution is -0.0725. The van der Waals surface area contributed by atoms with Gasteiger partial charge in [0, 0.05) is 6.54 Å². The van der Waals surface area contributed by atoms with E-state index in [0.717, 1.165) is 11.1 Å². The average Bonchev–Trinajstić information content (AvgIpc) is 2.60. The standard InChI is InChI=1S/C19H26N2O2/c1-14(2)19(23,18(20)13-22)21-12-15-8-10-17(11-9-15)16-6-4-3-5-7-16/h3-11,14,18,21-23H,12-13,20H2,1-2H3. The van der Waals surface area contributed by atoms with E-state index in [2.05, 4.69) is 29.6 Å². The van der Waals surface area contributed by atoms with Gasteiger partial charge >= 0.3 is 0 Å². The van der Waals surface area contributed by atoms with Crippen molar-refractivity contribution in [1.29, 1.82) is 0 Å². The van der Waals surface area contributed by atoms with Crippen molar-refractivity contribution in [2.45, 2.75) is 32.2 Å². The topological polar surface area (TPSA) is 78.5 Å². The number of nitrogens with one attached hydrogen (secondary N) is 1. The SMILES string of the molecule is CC(C)C(O)(NCc1ccc(-c2ccccc2)cc1)C(N)CO. The molecule has 0 aliphatic heterocycles. The van der Waals surface area contributed by atoms with Crippen LogP contribution in [-0.2, 0) is 6.54 Å². The van der Waals surface area contributed by atoms with Crippen molar-refractivity contribution in [3.63, 3.8) is 0 Å². The van der Waals surface area contributed by atoms with Gasteiger partial charge in [-0.05, 0) is 22.6 Å². The number of rotatable bonds is 7. The van der Waals surface area contributed by atoms with E-state index >= 15 is 0 Å². The summed E-state index contributed by atoms with van der Waals surface area (Å²) >= 11 is 0. The minimum atomic E-state index is -1.30. The van der Waals surface area contributed by atoms with Crippen LogP contribution in [0.3, 0.4) is 0 Å². The molecule has 0 radical (unpaired) electrons. The Morgan fingerprint density at radius 1 is 1.00 bits per heavy atom. The first-order valence-electron chi connectivity index (χ1n) is 7.95. The van der Waals surface area contributed by atoms with Crippen molar-refractivity contribution in [1.82, 2.24) is 5.32 Å². The highest BCUT2D eigenvalue weighted by Gasteiger charge is 2.36. The van der Waals surface area contributed by atoms with Gasteiger partial charge in [0.2, 0.25) is 0 Å². The Labute approximate surface area is 138 Å². The van der Waals surface area contributed by atoms with E-state index in [0.29, 0.717) is 6.54 Å². The van der Waals surface area contributed by atoms with Gasteiger partial charge < -0.3 is 15.9 Å². The second-order valence-corrected chi connectivity index (χ2v) is 6.19. The van der Waals surface area contributed by atoms with Crippen LogP contribution in [0.1, 0.15) is 19.4 Å². The molecule has 0 aliphatic rings. The van der Waals surface area contributed by atoms with Gasteiger partial charge in [0.25, 0.3) is 0 Å². The van der Waals surface area contributed by atoms with Crippen LogP contribution in [0.2, 0.25) is 0 Å². The molecule has 23 heavy (non-hydrogen) atoms. The maximum Gasteiger partial charge on any atom is 0.136 e. The maximum atomic E-state index is 10.7. The average molecular weight is 314 g/mol. The van der Waals surface area contributed by atoms with E-state index in [9.17, 15) is 10.2 Å². The molecule has 2 atom stereocenters. The van der Waals surface area contributed by atoms with Gasteiger partial charge in [-0.2, -0.15) is 0 Å². The summed E-state index contributed by atoms with van der Waals surface area (Å²) in [5, 5.41) is 23.0. The van der Waals surface area contributed by atoms with Crippen LogP contribution >= 0.6 is 0 Å². The van der Waals surface area contributed by atoms with E-state index < -0.39 is 11.8 Å². The molecule has 5 N–H and O–H groups in total. The first-order valence-corrected chi connectivity index (χ1v) is 7.95. The molecule has 0 bridgehead atoms. The van der Waals surface area contributed by atoms with E-state index in [1.807, 2.05) is 44.2 Å². The summed E-state index contributed by atoms with van der Waals surface area (Å²) in [4.78, 5) is 0. The lowest BCUT2D eigenvalue weighted by atomic mass is 9.92. The van der Waals surface area contributed by atoms with Crippen LogP contribution in [0, 0.1) is 5.92 Å². The lowest BCUT2D eigenvalue weighted by Crippen LogP contribution is -2.62. The summed E-state index contributed by atoms with van der Waals surface area (Å²) in [6, 6.07) is 17.6. The molecule has 0 heterocycles. The van der Waals surface area contributed by atoms with Gasteiger partial charge in [-0.15, -0.1) is 0 Å². The number of hydrogen-bond acceptors (Lipinski definition) is 4. The van der Waals surface area contributed by atoms with Gasteiger partial charge in [0.1, 0.15) is 5.72 Å². The van der Waals surface area contributed by atoms with E-state index in [1.165, 1.54) is 5.56 Å². The molecule has 0 amide bonds. The van der Waals surface area contributed by atoms with Crippen LogP contribution < -0.4 is 11.1 Å². The molecule has 0 fully saturated rings. The monoisotopic (exact) mass is 314 g/mol. The van der Waals surface area contributed by atoms with Crippen molar-refractivity contribution in [3.8, 4) is 11.1 Å². The quantitative estimate of drug-likeness (QED) is 0.590. The molecule has 4 heteroatoms. The Hall–Kier alpha value is -1.72. The Morgan fingerprint density at radius 3 is 2.09 bits per heavy atom. The fourth-order valence-corrected chi connectivity index (χ4v) is 2.59. The molecule has 2 aromatic carbocycles. The van der Waals surface area contributed by atoms with E-state index in [4.69, 9.17) is 5.73 Å². The van der Waals surface area contributed by atoms with E-state index in [1.54, 1.807) is 0 Å². The first-order chi connectivity index (χ1) is 11.0. The van der Waals surface area contributed by atoms with Crippen LogP contribution in [0.15, 0.2) is 54.6 Å². The zero-order chi connectivity index (χ0) is 16.9. The highest BCUT2D eigenvalue weighted by Crippen LogP contribution is 2.21. The van der Waals surface area contributed by atoms with E-state index in [-0.39, 0.29) is 12.5 Å². The van der Waals surface area contributed by atoms with Crippen molar-refractivity contribution >= 4 is 0 Å². The van der Waals surface area contributed by atoms with Crippen LogP contribution in [0.4, 0.5) is 0 Å². The van der Waals surface area contributed by atoms with Crippen LogP contribution in [0.25, 0.3) is 11.1 Å². The van der Waals surface area contributed by atoms with Crippen LogP contribution in [0.5, 0.6) is 0 Å². The predicted molar refractivity (Wildman–Crippen MR) is 93.6 cm³/mol. The minimum absolute atomic E-state index is 0.117. The zero-order valence-corrected chi connectivity index (χ0v) is 13.7. The molecule has 4 nitrogen and oxygen atoms in total. The largest absolute Gasteiger partial charge is 0.395 e. The Balaban J connectivity index is 2.06. The Morgan fingerprint density at radius 2 is 1.57 bits per heavy atom. The number of nitrogens with two attached hydrogens (primary N) is 1. The predicted octanol–water partition coefficient (Wildman–Crippen LogP) is 2.11. The fourth-order valence-electron chi connectivity index (χ4n) is 2.59. The molecule has 0 aliphatic carbocycles. The molecule has 2 rings (SSSR count). The molecular formula is C19H26N2O2. The molecule has 124 valence electrons. The first kappa shape index (κ1) is 17.6. The third-order valence-electron chi connectivity index (χ3n) is 4.28. The number of aliphatic hydroxyl groups is 2. The molecule has 0 saturated heterocycles. The highest BCUT2D eigenvalue weighted by atomic mass is 16.3. The summed E-state index contributed by atoms with van der Waals surface area (Å²) in [5.41, 5.74) is 7.93. The van der Waals surface area contributed by atoms with Gasteiger partial charge in [-0.3, -0.25) is 5.32 Å². The second kappa shape index (κ2) is 7.70. The van der Waals surface area contributed by atoms with Crippen molar-refractivity contribution in [2.75, 3.05) is 6.61 Å². The van der Waals surface area contributed by atoms with Gasteiger partial charge in [-0.1, -0.05) is 68.4 Å². The Kier molecular flexibility index (Phi) is 5.91. The molecule has 0 spiro atoms. The molecule has 2 unspecified atom stereocenters. The van der Waals surface area contributed by atoms with Gasteiger partial charge in [0.05, 0.1) is 12.6 Å². The third-order valence-corrected chi connectivity index (χ3v) is 4.28. The molecule has 0 aromatic heterocycles.